The molecule has 0 unspecified atom stereocenters. The molecule has 9 heteroatoms. The predicted molar refractivity (Wildman–Crippen MR) is 136 cm³/mol. The van der Waals surface area contributed by atoms with Gasteiger partial charge in [-0.05, 0) is 61.1 Å². The Morgan fingerprint density at radius 1 is 1.11 bits per heavy atom. The molecule has 0 atom stereocenters. The van der Waals surface area contributed by atoms with Crippen molar-refractivity contribution < 1.29 is 23.8 Å². The van der Waals surface area contributed by atoms with Crippen LogP contribution in [0.2, 0.25) is 0 Å². The molecule has 1 heterocycles. The van der Waals surface area contributed by atoms with Gasteiger partial charge in [-0.1, -0.05) is 30.3 Å². The number of amides is 2. The number of benzene rings is 2. The Hall–Kier alpha value is -3.85. The summed E-state index contributed by atoms with van der Waals surface area (Å²) in [4.78, 5) is 26.0. The molecule has 0 fully saturated rings. The van der Waals surface area contributed by atoms with E-state index in [4.69, 9.17) is 14.2 Å². The van der Waals surface area contributed by atoms with E-state index in [1.54, 1.807) is 26.2 Å². The van der Waals surface area contributed by atoms with Gasteiger partial charge in [0.25, 0.3) is 0 Å². The van der Waals surface area contributed by atoms with E-state index < -0.39 is 12.0 Å². The van der Waals surface area contributed by atoms with Crippen LogP contribution < -0.4 is 20.2 Å². The van der Waals surface area contributed by atoms with Gasteiger partial charge in [0.15, 0.2) is 11.5 Å². The highest BCUT2D eigenvalue weighted by Gasteiger charge is 2.28. The van der Waals surface area contributed by atoms with Crippen molar-refractivity contribution in [3.8, 4) is 11.5 Å². The van der Waals surface area contributed by atoms with E-state index in [0.29, 0.717) is 28.7 Å². The van der Waals surface area contributed by atoms with Crippen molar-refractivity contribution >= 4 is 34.6 Å². The largest absolute Gasteiger partial charge is 0.493 e. The van der Waals surface area contributed by atoms with E-state index in [1.165, 1.54) is 17.6 Å². The first-order valence-corrected chi connectivity index (χ1v) is 12.2. The number of rotatable bonds is 9. The third-order valence-corrected chi connectivity index (χ3v) is 6.64. The van der Waals surface area contributed by atoms with Crippen LogP contribution >= 0.6 is 11.3 Å². The Morgan fingerprint density at radius 3 is 2.71 bits per heavy atom. The highest BCUT2D eigenvalue weighted by molar-refractivity contribution is 7.17. The summed E-state index contributed by atoms with van der Waals surface area (Å²) in [7, 11) is 1.57. The molecule has 182 valence electrons. The summed E-state index contributed by atoms with van der Waals surface area (Å²) in [5.74, 6) is 0.755. The van der Waals surface area contributed by atoms with Crippen molar-refractivity contribution in [3.63, 3.8) is 0 Å². The molecule has 8 nitrogen and oxygen atoms in total. The number of urea groups is 1. The lowest BCUT2D eigenvalue weighted by molar-refractivity contribution is 0.0527. The summed E-state index contributed by atoms with van der Waals surface area (Å²) in [6.45, 7) is 2.46. The first kappa shape index (κ1) is 24.3. The lowest BCUT2D eigenvalue weighted by Gasteiger charge is -2.11. The van der Waals surface area contributed by atoms with Gasteiger partial charge < -0.3 is 14.2 Å². The summed E-state index contributed by atoms with van der Waals surface area (Å²) in [6.07, 6.45) is 4.22. The number of fused-ring (bicyclic) bond motifs is 1. The van der Waals surface area contributed by atoms with Gasteiger partial charge in [0.05, 0.1) is 25.5 Å². The Labute approximate surface area is 207 Å². The number of aryl methyl sites for hydroxylation is 1. The van der Waals surface area contributed by atoms with Crippen molar-refractivity contribution in [1.82, 2.24) is 5.43 Å². The van der Waals surface area contributed by atoms with Gasteiger partial charge in [-0.2, -0.15) is 5.10 Å². The number of thiophene rings is 1. The standard InChI is InChI=1S/C26H27N3O5S/c1-3-33-25(30)23-19-10-7-11-22(19)35-24(23)28-26(31)29-27-15-18-12-13-20(21(14-18)32-2)34-16-17-8-5-4-6-9-17/h4-6,8-9,12-15H,3,7,10-11,16H2,1-2H3,(H2,28,29,31). The highest BCUT2D eigenvalue weighted by Crippen LogP contribution is 2.39. The van der Waals surface area contributed by atoms with E-state index in [2.05, 4.69) is 15.8 Å². The molecule has 1 aromatic heterocycles. The Balaban J connectivity index is 1.37. The number of nitrogens with one attached hydrogen (secondary N) is 2. The van der Waals surface area contributed by atoms with Crippen LogP contribution in [-0.2, 0) is 24.2 Å². The van der Waals surface area contributed by atoms with Crippen LogP contribution in [0.3, 0.4) is 0 Å². The van der Waals surface area contributed by atoms with Crippen molar-refractivity contribution in [3.05, 3.63) is 75.7 Å². The first-order valence-electron chi connectivity index (χ1n) is 11.4. The second-order valence-corrected chi connectivity index (χ2v) is 8.90. The zero-order valence-corrected chi connectivity index (χ0v) is 20.4. The molecule has 4 rings (SSSR count). The molecule has 0 saturated carbocycles. The molecule has 0 bridgehead atoms. The third kappa shape index (κ3) is 5.99. The number of carbonyl (C=O) groups is 2. The lowest BCUT2D eigenvalue weighted by Crippen LogP contribution is -2.25. The fraction of sp³-hybridized carbons (Fsp3) is 0.269. The molecular weight excluding hydrogens is 466 g/mol. The zero-order chi connectivity index (χ0) is 24.6. The van der Waals surface area contributed by atoms with Crippen LogP contribution in [0.5, 0.6) is 11.5 Å². The Morgan fingerprint density at radius 2 is 1.94 bits per heavy atom. The normalized spacial score (nSPS) is 12.3. The lowest BCUT2D eigenvalue weighted by atomic mass is 10.1. The number of ether oxygens (including phenoxy) is 3. The summed E-state index contributed by atoms with van der Waals surface area (Å²) in [5, 5.41) is 7.24. The first-order chi connectivity index (χ1) is 17.1. The van der Waals surface area contributed by atoms with Gasteiger partial charge in [-0.3, -0.25) is 5.32 Å². The summed E-state index contributed by atoms with van der Waals surface area (Å²) < 4.78 is 16.5. The Bertz CT molecular complexity index is 1220. The number of hydrazone groups is 1. The monoisotopic (exact) mass is 493 g/mol. The maximum Gasteiger partial charge on any atom is 0.341 e. The smallest absolute Gasteiger partial charge is 0.341 e. The van der Waals surface area contributed by atoms with E-state index in [1.807, 2.05) is 36.4 Å². The summed E-state index contributed by atoms with van der Waals surface area (Å²) >= 11 is 1.42. The second kappa shape index (κ2) is 11.5. The number of hydrogen-bond acceptors (Lipinski definition) is 7. The van der Waals surface area contributed by atoms with Gasteiger partial charge in [0.1, 0.15) is 11.6 Å². The maximum absolute atomic E-state index is 12.4. The fourth-order valence-corrected chi connectivity index (χ4v) is 5.10. The number of anilines is 1. The molecule has 0 aliphatic heterocycles. The zero-order valence-electron chi connectivity index (χ0n) is 19.6. The maximum atomic E-state index is 12.4. The van der Waals surface area contributed by atoms with Crippen molar-refractivity contribution in [2.45, 2.75) is 32.8 Å². The summed E-state index contributed by atoms with van der Waals surface area (Å²) in [5.41, 5.74) is 5.65. The number of esters is 1. The molecule has 2 N–H and O–H groups in total. The Kier molecular flexibility index (Phi) is 7.99. The molecule has 0 radical (unpaired) electrons. The van der Waals surface area contributed by atoms with Crippen LogP contribution in [0, 0.1) is 0 Å². The van der Waals surface area contributed by atoms with Crippen LogP contribution in [0.1, 0.15) is 45.3 Å². The van der Waals surface area contributed by atoms with Gasteiger partial charge in [0.2, 0.25) is 0 Å². The SMILES string of the molecule is CCOC(=O)c1c(NC(=O)NN=Cc2ccc(OCc3ccccc3)c(OC)c2)sc2c1CCC2. The molecular formula is C26H27N3O5S. The molecule has 3 aromatic rings. The highest BCUT2D eigenvalue weighted by atomic mass is 32.1. The third-order valence-electron chi connectivity index (χ3n) is 5.43. The van der Waals surface area contributed by atoms with Crippen molar-refractivity contribution in [2.75, 3.05) is 19.0 Å². The fourth-order valence-electron chi connectivity index (χ4n) is 3.83. The topological polar surface area (TPSA) is 98.2 Å². The average molecular weight is 494 g/mol. The van der Waals surface area contributed by atoms with E-state index >= 15 is 0 Å². The molecule has 2 amide bonds. The van der Waals surface area contributed by atoms with Crippen LogP contribution in [0.15, 0.2) is 53.6 Å². The molecule has 1 aliphatic carbocycles. The van der Waals surface area contributed by atoms with E-state index in [0.717, 1.165) is 40.8 Å². The number of nitrogens with zero attached hydrogens (tertiary/aromatic N) is 1. The minimum Gasteiger partial charge on any atom is -0.493 e. The van der Waals surface area contributed by atoms with E-state index in [-0.39, 0.29) is 6.61 Å². The quantitative estimate of drug-likeness (QED) is 0.244. The molecule has 0 saturated heterocycles. The number of methoxy groups -OCH3 is 1. The molecule has 35 heavy (non-hydrogen) atoms. The number of carbonyl (C=O) groups excluding carboxylic acids is 2. The van der Waals surface area contributed by atoms with Gasteiger partial charge in [-0.25, -0.2) is 15.0 Å². The summed E-state index contributed by atoms with van der Waals surface area (Å²) in [6, 6.07) is 14.7. The molecule has 2 aromatic carbocycles. The predicted octanol–water partition coefficient (Wildman–Crippen LogP) is 5.16. The molecule has 0 spiro atoms. The van der Waals surface area contributed by atoms with Gasteiger partial charge in [-0.15, -0.1) is 11.3 Å². The van der Waals surface area contributed by atoms with Crippen molar-refractivity contribution in [2.24, 2.45) is 5.10 Å². The van der Waals surface area contributed by atoms with Crippen LogP contribution in [0.25, 0.3) is 0 Å². The van der Waals surface area contributed by atoms with Crippen LogP contribution in [0.4, 0.5) is 9.80 Å². The average Bonchev–Trinajstić information content (AvgIpc) is 3.44. The minimum atomic E-state index is -0.540. The van der Waals surface area contributed by atoms with Crippen molar-refractivity contribution in [1.29, 1.82) is 0 Å². The van der Waals surface area contributed by atoms with Gasteiger partial charge in [0, 0.05) is 4.88 Å². The molecule has 1 aliphatic rings. The van der Waals surface area contributed by atoms with E-state index in [9.17, 15) is 9.59 Å². The van der Waals surface area contributed by atoms with Crippen LogP contribution in [-0.4, -0.2) is 31.9 Å². The minimum absolute atomic E-state index is 0.277. The second-order valence-electron chi connectivity index (χ2n) is 7.79. The number of hydrogen-bond donors (Lipinski definition) is 2. The van der Waals surface area contributed by atoms with Gasteiger partial charge >= 0.3 is 12.0 Å².